The first kappa shape index (κ1) is 10.5. The molecule has 1 aliphatic rings. The molecule has 0 unspecified atom stereocenters. The molecule has 1 fully saturated rings. The van der Waals surface area contributed by atoms with E-state index in [0.717, 1.165) is 29.7 Å². The van der Waals surface area contributed by atoms with Crippen LogP contribution in [-0.2, 0) is 0 Å². The maximum Gasteiger partial charge on any atom is 0.254 e. The molecule has 0 spiro atoms. The first-order chi connectivity index (χ1) is 8.19. The highest BCUT2D eigenvalue weighted by Crippen LogP contribution is 2.38. The second-order valence-corrected chi connectivity index (χ2v) is 4.72. The number of hydrogen-bond acceptors (Lipinski definition) is 3. The molecule has 0 bridgehead atoms. The lowest BCUT2D eigenvalue weighted by atomic mass is 10.2. The molecule has 90 valence electrons. The molecule has 1 aliphatic carbocycles. The molecule has 2 heterocycles. The number of aromatic amines is 1. The Labute approximate surface area is 98.9 Å². The molecule has 1 atom stereocenters. The summed E-state index contributed by atoms with van der Waals surface area (Å²) < 4.78 is 1.78. The van der Waals surface area contributed by atoms with Crippen molar-refractivity contribution in [1.82, 2.24) is 19.9 Å². The fraction of sp³-hybridized carbons (Fsp3) is 0.500. The van der Waals surface area contributed by atoms with Crippen molar-refractivity contribution in [3.63, 3.8) is 0 Å². The fourth-order valence-electron chi connectivity index (χ4n) is 2.03. The molecule has 5 nitrogen and oxygen atoms in total. The van der Waals surface area contributed by atoms with Gasteiger partial charge in [-0.25, -0.2) is 4.52 Å². The smallest absolute Gasteiger partial charge is 0.254 e. The van der Waals surface area contributed by atoms with E-state index in [-0.39, 0.29) is 11.6 Å². The molecular formula is C12H16N4O. The molecule has 2 aromatic rings. The zero-order chi connectivity index (χ0) is 12.0. The van der Waals surface area contributed by atoms with Crippen LogP contribution in [-0.4, -0.2) is 21.6 Å². The van der Waals surface area contributed by atoms with Gasteiger partial charge in [-0.1, -0.05) is 0 Å². The van der Waals surface area contributed by atoms with Crippen molar-refractivity contribution in [3.05, 3.63) is 33.9 Å². The van der Waals surface area contributed by atoms with E-state index < -0.39 is 0 Å². The predicted molar refractivity (Wildman–Crippen MR) is 65.3 cm³/mol. The lowest BCUT2D eigenvalue weighted by molar-refractivity contribution is 0.625. The summed E-state index contributed by atoms with van der Waals surface area (Å²) in [5, 5.41) is 7.62. The van der Waals surface area contributed by atoms with Crippen LogP contribution >= 0.6 is 0 Å². The molecule has 0 saturated heterocycles. The van der Waals surface area contributed by atoms with Gasteiger partial charge in [-0.2, -0.15) is 5.10 Å². The number of hydrogen-bond donors (Lipinski definition) is 2. The second kappa shape index (κ2) is 3.70. The average Bonchev–Trinajstić information content (AvgIpc) is 3.08. The van der Waals surface area contributed by atoms with E-state index in [1.807, 2.05) is 26.2 Å². The Morgan fingerprint density at radius 1 is 1.59 bits per heavy atom. The van der Waals surface area contributed by atoms with Crippen LogP contribution in [0.4, 0.5) is 0 Å². The molecule has 2 aromatic heterocycles. The van der Waals surface area contributed by atoms with Crippen LogP contribution in [0.25, 0.3) is 5.65 Å². The van der Waals surface area contributed by atoms with Crippen LogP contribution in [0, 0.1) is 0 Å². The topological polar surface area (TPSA) is 62.2 Å². The SMILES string of the molecule is CN[C@@H](C)c1cc2[nH]c(=O)c(C3CC3)cn2n1. The quantitative estimate of drug-likeness (QED) is 0.835. The molecule has 5 heteroatoms. The van der Waals surface area contributed by atoms with Crippen LogP contribution in [0.3, 0.4) is 0 Å². The van der Waals surface area contributed by atoms with E-state index in [2.05, 4.69) is 15.4 Å². The van der Waals surface area contributed by atoms with Crippen molar-refractivity contribution >= 4 is 5.65 Å². The second-order valence-electron chi connectivity index (χ2n) is 4.72. The van der Waals surface area contributed by atoms with Gasteiger partial charge in [0, 0.05) is 23.9 Å². The third kappa shape index (κ3) is 1.76. The molecule has 0 radical (unpaired) electrons. The summed E-state index contributed by atoms with van der Waals surface area (Å²) in [4.78, 5) is 14.7. The summed E-state index contributed by atoms with van der Waals surface area (Å²) in [5.41, 5.74) is 2.60. The van der Waals surface area contributed by atoms with Crippen molar-refractivity contribution < 1.29 is 0 Å². The van der Waals surface area contributed by atoms with Crippen LogP contribution in [0.1, 0.15) is 43.0 Å². The van der Waals surface area contributed by atoms with Gasteiger partial charge in [-0.15, -0.1) is 0 Å². The van der Waals surface area contributed by atoms with Crippen LogP contribution in [0.5, 0.6) is 0 Å². The van der Waals surface area contributed by atoms with Gasteiger partial charge in [0.15, 0.2) is 0 Å². The first-order valence-corrected chi connectivity index (χ1v) is 5.99. The highest BCUT2D eigenvalue weighted by molar-refractivity contribution is 5.41. The zero-order valence-corrected chi connectivity index (χ0v) is 10.0. The molecule has 0 aliphatic heterocycles. The Morgan fingerprint density at radius 3 is 3.00 bits per heavy atom. The minimum atomic E-state index is 0.0311. The number of fused-ring (bicyclic) bond motifs is 1. The van der Waals surface area contributed by atoms with E-state index in [1.54, 1.807) is 4.52 Å². The molecule has 0 aromatic carbocycles. The van der Waals surface area contributed by atoms with Crippen LogP contribution in [0.15, 0.2) is 17.1 Å². The Morgan fingerprint density at radius 2 is 2.35 bits per heavy atom. The lowest BCUT2D eigenvalue weighted by Gasteiger charge is -2.03. The number of H-pyrrole nitrogens is 1. The van der Waals surface area contributed by atoms with Gasteiger partial charge in [-0.05, 0) is 32.7 Å². The minimum Gasteiger partial charge on any atom is -0.312 e. The van der Waals surface area contributed by atoms with Gasteiger partial charge < -0.3 is 10.3 Å². The van der Waals surface area contributed by atoms with Crippen molar-refractivity contribution in [3.8, 4) is 0 Å². The predicted octanol–water partition coefficient (Wildman–Crippen LogP) is 1.18. The van der Waals surface area contributed by atoms with Crippen molar-refractivity contribution in [2.75, 3.05) is 7.05 Å². The van der Waals surface area contributed by atoms with E-state index in [0.29, 0.717) is 5.92 Å². The standard InChI is InChI=1S/C12H16N4O/c1-7(13-2)10-5-11-14-12(17)9(8-3-4-8)6-16(11)15-10/h5-8,13H,3-4H2,1-2H3,(H,14,17)/t7-/m0/s1. The third-order valence-electron chi connectivity index (χ3n) is 3.41. The molecule has 17 heavy (non-hydrogen) atoms. The summed E-state index contributed by atoms with van der Waals surface area (Å²) in [7, 11) is 1.90. The van der Waals surface area contributed by atoms with Gasteiger partial charge >= 0.3 is 0 Å². The Hall–Kier alpha value is -1.62. The average molecular weight is 232 g/mol. The highest BCUT2D eigenvalue weighted by Gasteiger charge is 2.27. The monoisotopic (exact) mass is 232 g/mol. The largest absolute Gasteiger partial charge is 0.312 e. The van der Waals surface area contributed by atoms with Crippen molar-refractivity contribution in [2.45, 2.75) is 31.7 Å². The van der Waals surface area contributed by atoms with Crippen LogP contribution in [0.2, 0.25) is 0 Å². The molecule has 3 rings (SSSR count). The van der Waals surface area contributed by atoms with Crippen LogP contribution < -0.4 is 10.9 Å². The Bertz CT molecular complexity index is 608. The minimum absolute atomic E-state index is 0.0311. The highest BCUT2D eigenvalue weighted by atomic mass is 16.1. The van der Waals surface area contributed by atoms with Crippen molar-refractivity contribution in [2.24, 2.45) is 0 Å². The molecule has 2 N–H and O–H groups in total. The first-order valence-electron chi connectivity index (χ1n) is 5.99. The maximum atomic E-state index is 11.9. The summed E-state index contributed by atoms with van der Waals surface area (Å²) in [6.07, 6.45) is 4.11. The van der Waals surface area contributed by atoms with Gasteiger partial charge in [0.2, 0.25) is 0 Å². The summed E-state index contributed by atoms with van der Waals surface area (Å²) in [5.74, 6) is 0.442. The molecular weight excluding hydrogens is 216 g/mol. The molecule has 0 amide bonds. The maximum absolute atomic E-state index is 11.9. The van der Waals surface area contributed by atoms with E-state index in [1.165, 1.54) is 0 Å². The Kier molecular flexibility index (Phi) is 2.29. The van der Waals surface area contributed by atoms with Gasteiger partial charge in [0.25, 0.3) is 5.56 Å². The number of aromatic nitrogens is 3. The number of rotatable bonds is 3. The van der Waals surface area contributed by atoms with E-state index in [9.17, 15) is 4.79 Å². The van der Waals surface area contributed by atoms with E-state index >= 15 is 0 Å². The van der Waals surface area contributed by atoms with Gasteiger partial charge in [0.1, 0.15) is 5.65 Å². The van der Waals surface area contributed by atoms with Gasteiger partial charge in [-0.3, -0.25) is 4.79 Å². The van der Waals surface area contributed by atoms with Gasteiger partial charge in [0.05, 0.1) is 5.69 Å². The third-order valence-corrected chi connectivity index (χ3v) is 3.41. The Balaban J connectivity index is 2.12. The zero-order valence-electron chi connectivity index (χ0n) is 10.0. The normalized spacial score (nSPS) is 17.5. The van der Waals surface area contributed by atoms with Crippen molar-refractivity contribution in [1.29, 1.82) is 0 Å². The lowest BCUT2D eigenvalue weighted by Crippen LogP contribution is -2.14. The summed E-state index contributed by atoms with van der Waals surface area (Å²) in [6.45, 7) is 2.04. The number of nitrogens with zero attached hydrogens (tertiary/aromatic N) is 2. The number of nitrogens with one attached hydrogen (secondary N) is 2. The fourth-order valence-corrected chi connectivity index (χ4v) is 2.03. The molecule has 1 saturated carbocycles. The summed E-state index contributed by atoms with van der Waals surface area (Å²) >= 11 is 0. The summed E-state index contributed by atoms with van der Waals surface area (Å²) in [6, 6.07) is 2.10. The van der Waals surface area contributed by atoms with E-state index in [4.69, 9.17) is 0 Å².